The summed E-state index contributed by atoms with van der Waals surface area (Å²) >= 11 is 0. The topological polar surface area (TPSA) is 56.3 Å². The van der Waals surface area contributed by atoms with Crippen molar-refractivity contribution in [3.8, 4) is 0 Å². The zero-order chi connectivity index (χ0) is 27.0. The van der Waals surface area contributed by atoms with Crippen molar-refractivity contribution < 1.29 is 31.9 Å². The van der Waals surface area contributed by atoms with Gasteiger partial charge < -0.3 is 10.1 Å². The number of H-pyrrole nitrogens is 1. The number of carbonyl (C=O) groups is 1. The SMILES string of the molecule is C[C@@H]1Cc2c([nH]c3ccccc23)[C@@H](c2c(F)cc(/C=C/C(=O)O)cc2F)N1CC1CC2(C(F)(F)F)CCC12. The van der Waals surface area contributed by atoms with Crippen LogP contribution < -0.4 is 0 Å². The van der Waals surface area contributed by atoms with Crippen LogP contribution in [0.15, 0.2) is 42.5 Å². The van der Waals surface area contributed by atoms with Crippen molar-refractivity contribution in [3.05, 3.63) is 76.5 Å². The number of nitrogens with one attached hydrogen (secondary N) is 1. The summed E-state index contributed by atoms with van der Waals surface area (Å²) in [6.45, 7) is 2.26. The summed E-state index contributed by atoms with van der Waals surface area (Å²) in [5.41, 5.74) is 0.703. The van der Waals surface area contributed by atoms with Gasteiger partial charge in [0.1, 0.15) is 11.6 Å². The zero-order valence-corrected chi connectivity index (χ0v) is 20.7. The number of benzene rings is 2. The van der Waals surface area contributed by atoms with E-state index < -0.39 is 41.2 Å². The molecule has 3 aromatic rings. The summed E-state index contributed by atoms with van der Waals surface area (Å²) in [6, 6.07) is 8.78. The fourth-order valence-corrected chi connectivity index (χ4v) is 7.21. The number of fused-ring (bicyclic) bond motifs is 4. The van der Waals surface area contributed by atoms with Gasteiger partial charge in [0.2, 0.25) is 0 Å². The van der Waals surface area contributed by atoms with Crippen LogP contribution >= 0.6 is 0 Å². The van der Waals surface area contributed by atoms with Crippen molar-refractivity contribution in [2.24, 2.45) is 17.3 Å². The van der Waals surface area contributed by atoms with Crippen LogP contribution in [0.2, 0.25) is 0 Å². The van der Waals surface area contributed by atoms with Crippen molar-refractivity contribution >= 4 is 22.9 Å². The predicted octanol–water partition coefficient (Wildman–Crippen LogP) is 6.86. The molecule has 9 heteroatoms. The number of hydrogen-bond donors (Lipinski definition) is 2. The number of hydrogen-bond acceptors (Lipinski definition) is 2. The molecule has 2 aromatic carbocycles. The van der Waals surface area contributed by atoms with Gasteiger partial charge in [0, 0.05) is 40.8 Å². The van der Waals surface area contributed by atoms with Crippen LogP contribution in [-0.4, -0.2) is 39.7 Å². The Labute approximate surface area is 216 Å². The molecular weight excluding hydrogens is 503 g/mol. The molecule has 2 N–H and O–H groups in total. The third-order valence-corrected chi connectivity index (χ3v) is 9.13. The van der Waals surface area contributed by atoms with Crippen LogP contribution in [-0.2, 0) is 11.2 Å². The lowest BCUT2D eigenvalue weighted by Crippen LogP contribution is -2.65. The van der Waals surface area contributed by atoms with Gasteiger partial charge in [-0.15, -0.1) is 0 Å². The van der Waals surface area contributed by atoms with Crippen molar-refractivity contribution in [1.82, 2.24) is 9.88 Å². The third kappa shape index (κ3) is 3.69. The highest BCUT2D eigenvalue weighted by Gasteiger charge is 2.72. The quantitative estimate of drug-likeness (QED) is 0.280. The van der Waals surface area contributed by atoms with Crippen molar-refractivity contribution in [1.29, 1.82) is 0 Å². The number of aromatic amines is 1. The molecule has 200 valence electrons. The molecule has 38 heavy (non-hydrogen) atoms. The van der Waals surface area contributed by atoms with Crippen LogP contribution in [0.5, 0.6) is 0 Å². The van der Waals surface area contributed by atoms with Crippen molar-refractivity contribution in [2.75, 3.05) is 6.54 Å². The monoisotopic (exact) mass is 530 g/mol. The largest absolute Gasteiger partial charge is 0.478 e. The average molecular weight is 531 g/mol. The Kier molecular flexibility index (Phi) is 5.72. The van der Waals surface area contributed by atoms with Gasteiger partial charge in [-0.25, -0.2) is 13.6 Å². The lowest BCUT2D eigenvalue weighted by molar-refractivity contribution is -0.333. The zero-order valence-electron chi connectivity index (χ0n) is 20.7. The highest BCUT2D eigenvalue weighted by molar-refractivity contribution is 5.86. The maximum absolute atomic E-state index is 15.7. The van der Waals surface area contributed by atoms with E-state index >= 15 is 8.78 Å². The number of carboxylic acid groups (broad SMARTS) is 1. The summed E-state index contributed by atoms with van der Waals surface area (Å²) in [6.07, 6.45) is -1.00. The number of rotatable bonds is 5. The van der Waals surface area contributed by atoms with Crippen molar-refractivity contribution in [3.63, 3.8) is 0 Å². The smallest absolute Gasteiger partial charge is 0.394 e. The van der Waals surface area contributed by atoms with E-state index in [2.05, 4.69) is 4.98 Å². The van der Waals surface area contributed by atoms with Gasteiger partial charge in [-0.2, -0.15) is 13.2 Å². The van der Waals surface area contributed by atoms with Gasteiger partial charge in [-0.05, 0) is 79.8 Å². The highest BCUT2D eigenvalue weighted by Crippen LogP contribution is 2.71. The van der Waals surface area contributed by atoms with Gasteiger partial charge >= 0.3 is 12.1 Å². The number of aliphatic carboxylic acids is 1. The minimum atomic E-state index is -4.23. The van der Waals surface area contributed by atoms with Crippen LogP contribution in [0, 0.1) is 28.9 Å². The van der Waals surface area contributed by atoms with Gasteiger partial charge in [0.05, 0.1) is 11.5 Å². The van der Waals surface area contributed by atoms with Gasteiger partial charge in [-0.3, -0.25) is 4.90 Å². The fraction of sp³-hybridized carbons (Fsp3) is 0.414. The molecule has 2 saturated carbocycles. The van der Waals surface area contributed by atoms with Crippen LogP contribution in [0.1, 0.15) is 54.6 Å². The Bertz CT molecular complexity index is 1440. The van der Waals surface area contributed by atoms with Crippen molar-refractivity contribution in [2.45, 2.75) is 50.9 Å². The van der Waals surface area contributed by atoms with E-state index in [4.69, 9.17) is 5.11 Å². The summed E-state index contributed by atoms with van der Waals surface area (Å²) < 4.78 is 72.6. The Morgan fingerprint density at radius 1 is 1.21 bits per heavy atom. The first-order valence-corrected chi connectivity index (χ1v) is 12.8. The molecule has 5 atom stereocenters. The molecule has 0 radical (unpaired) electrons. The molecule has 2 aliphatic carbocycles. The molecule has 0 bridgehead atoms. The Balaban J connectivity index is 1.43. The third-order valence-electron chi connectivity index (χ3n) is 9.13. The van der Waals surface area contributed by atoms with E-state index in [9.17, 15) is 18.0 Å². The summed E-state index contributed by atoms with van der Waals surface area (Å²) in [5.74, 6) is -3.56. The lowest BCUT2D eigenvalue weighted by atomic mass is 9.42. The van der Waals surface area contributed by atoms with E-state index in [0.29, 0.717) is 25.1 Å². The lowest BCUT2D eigenvalue weighted by Gasteiger charge is -2.64. The number of aromatic nitrogens is 1. The molecule has 4 nitrogen and oxygen atoms in total. The number of halogens is 5. The van der Waals surface area contributed by atoms with E-state index in [-0.39, 0.29) is 35.9 Å². The maximum atomic E-state index is 15.7. The highest BCUT2D eigenvalue weighted by atomic mass is 19.4. The second kappa shape index (κ2) is 8.66. The molecule has 0 saturated heterocycles. The standard InChI is InChI=1S/C29H27F5N2O2/c1-15-10-19-18-4-2-3-5-23(18)35-26(19)27(25-21(30)11-16(12-22(25)31)6-7-24(37)38)36(15)14-17-13-28(29(32,33)34)9-8-20(17)28/h2-7,11-12,15,17,20,27,35H,8-10,13-14H2,1H3,(H,37,38)/b7-6+/t15-,17?,20?,27-,28?/m1/s1. The Hall–Kier alpha value is -3.20. The molecule has 3 unspecified atom stereocenters. The molecule has 2 fully saturated rings. The minimum absolute atomic E-state index is 0.0422. The summed E-state index contributed by atoms with van der Waals surface area (Å²) in [4.78, 5) is 16.2. The van der Waals surface area contributed by atoms with E-state index in [1.165, 1.54) is 0 Å². The average Bonchev–Trinajstić information content (AvgIpc) is 3.18. The second-order valence-corrected chi connectivity index (χ2v) is 11.0. The van der Waals surface area contributed by atoms with Crippen LogP contribution in [0.4, 0.5) is 22.0 Å². The first-order valence-electron chi connectivity index (χ1n) is 12.8. The predicted molar refractivity (Wildman–Crippen MR) is 132 cm³/mol. The first-order chi connectivity index (χ1) is 18.0. The Morgan fingerprint density at radius 3 is 2.53 bits per heavy atom. The van der Waals surface area contributed by atoms with Crippen LogP contribution in [0.3, 0.4) is 0 Å². The van der Waals surface area contributed by atoms with E-state index in [1.807, 2.05) is 36.1 Å². The van der Waals surface area contributed by atoms with Gasteiger partial charge in [0.25, 0.3) is 0 Å². The fourth-order valence-electron chi connectivity index (χ4n) is 7.21. The maximum Gasteiger partial charge on any atom is 0.394 e. The molecule has 2 heterocycles. The van der Waals surface area contributed by atoms with Gasteiger partial charge in [-0.1, -0.05) is 18.2 Å². The molecule has 6 rings (SSSR count). The normalized spacial score (nSPS) is 29.1. The molecule has 1 aromatic heterocycles. The van der Waals surface area contributed by atoms with Gasteiger partial charge in [0.15, 0.2) is 0 Å². The Morgan fingerprint density at radius 2 is 1.92 bits per heavy atom. The number of para-hydroxylation sites is 1. The minimum Gasteiger partial charge on any atom is -0.478 e. The second-order valence-electron chi connectivity index (χ2n) is 11.0. The summed E-state index contributed by atoms with van der Waals surface area (Å²) in [7, 11) is 0. The van der Waals surface area contributed by atoms with Crippen LogP contribution in [0.25, 0.3) is 17.0 Å². The first kappa shape index (κ1) is 25.1. The number of alkyl halides is 3. The van der Waals surface area contributed by atoms with E-state index in [0.717, 1.165) is 40.8 Å². The molecule has 0 spiro atoms. The number of nitrogens with zero attached hydrogens (tertiary/aromatic N) is 1. The molecule has 1 aliphatic heterocycles. The summed E-state index contributed by atoms with van der Waals surface area (Å²) in [5, 5.41) is 9.84. The van der Waals surface area contributed by atoms with E-state index in [1.54, 1.807) is 0 Å². The molecule has 3 aliphatic rings. The molecular formula is C29H27F5N2O2. The molecule has 0 amide bonds. The number of carboxylic acids is 1.